The molecular weight excluding hydrogens is 283 g/mol. The predicted octanol–water partition coefficient (Wildman–Crippen LogP) is 2.89. The summed E-state index contributed by atoms with van der Waals surface area (Å²) in [6.45, 7) is 0. The molecule has 0 aliphatic rings. The lowest BCUT2D eigenvalue weighted by Gasteiger charge is -1.99. The van der Waals surface area contributed by atoms with Crippen LogP contribution in [-0.2, 0) is 0 Å². The second-order valence-corrected chi connectivity index (χ2v) is 4.42. The van der Waals surface area contributed by atoms with Crippen molar-refractivity contribution in [2.75, 3.05) is 6.26 Å². The molecule has 0 amide bonds. The number of aromatic amines is 1. The van der Waals surface area contributed by atoms with Gasteiger partial charge in [0.05, 0.1) is 17.4 Å². The van der Waals surface area contributed by atoms with Crippen LogP contribution in [-0.4, -0.2) is 16.2 Å². The molecule has 0 bridgehead atoms. The van der Waals surface area contributed by atoms with Gasteiger partial charge in [-0.1, -0.05) is 0 Å². The van der Waals surface area contributed by atoms with Crippen molar-refractivity contribution >= 4 is 45.4 Å². The van der Waals surface area contributed by atoms with E-state index >= 15 is 0 Å². The van der Waals surface area contributed by atoms with E-state index in [0.717, 1.165) is 11.0 Å². The molecule has 0 saturated carbocycles. The molecule has 1 N–H and O–H groups in total. The molecule has 0 aliphatic carbocycles. The monoisotopic (exact) mass is 290 g/mol. The van der Waals surface area contributed by atoms with Gasteiger partial charge >= 0.3 is 0 Å². The Hall–Kier alpha value is -0.230. The third-order valence-electron chi connectivity index (χ3n) is 1.69. The Morgan fingerprint density at radius 3 is 3.08 bits per heavy atom. The topological polar surface area (TPSA) is 28.7 Å². The maximum absolute atomic E-state index is 4.20. The summed E-state index contributed by atoms with van der Waals surface area (Å²) in [4.78, 5) is 8.57. The van der Waals surface area contributed by atoms with Crippen LogP contribution < -0.4 is 0 Å². The van der Waals surface area contributed by atoms with Crippen molar-refractivity contribution < 1.29 is 0 Å². The van der Waals surface area contributed by atoms with Crippen LogP contribution in [0.25, 0.3) is 11.0 Å². The zero-order valence-electron chi connectivity index (χ0n) is 6.47. The van der Waals surface area contributed by atoms with Gasteiger partial charge in [-0.15, -0.1) is 11.8 Å². The van der Waals surface area contributed by atoms with Gasteiger partial charge in [-0.2, -0.15) is 0 Å². The van der Waals surface area contributed by atoms with E-state index in [2.05, 4.69) is 50.9 Å². The fourth-order valence-corrected chi connectivity index (χ4v) is 2.70. The summed E-state index contributed by atoms with van der Waals surface area (Å²) < 4.78 is 1.27. The summed E-state index contributed by atoms with van der Waals surface area (Å²) in [7, 11) is 0. The number of imidazole rings is 1. The van der Waals surface area contributed by atoms with Gasteiger partial charge in [-0.05, 0) is 41.0 Å². The second kappa shape index (κ2) is 3.26. The highest BCUT2D eigenvalue weighted by Crippen LogP contribution is 2.25. The number of thioether (sulfide) groups is 1. The molecule has 0 spiro atoms. The molecular formula is C8H7IN2S. The Kier molecular flexibility index (Phi) is 2.27. The Balaban J connectivity index is 2.73. The van der Waals surface area contributed by atoms with E-state index in [9.17, 15) is 0 Å². The molecule has 12 heavy (non-hydrogen) atoms. The third-order valence-corrected chi connectivity index (χ3v) is 3.73. The molecule has 0 fully saturated rings. The molecule has 0 unspecified atom stereocenters. The Morgan fingerprint density at radius 2 is 2.33 bits per heavy atom. The van der Waals surface area contributed by atoms with Gasteiger partial charge in [0.25, 0.3) is 0 Å². The minimum Gasteiger partial charge on any atom is -0.345 e. The molecule has 1 heterocycles. The minimum atomic E-state index is 1.04. The van der Waals surface area contributed by atoms with Crippen molar-refractivity contribution in [3.05, 3.63) is 22.0 Å². The number of rotatable bonds is 1. The number of H-pyrrole nitrogens is 1. The molecule has 2 aromatic rings. The summed E-state index contributed by atoms with van der Waals surface area (Å²) in [5, 5.41) is 0. The second-order valence-electron chi connectivity index (χ2n) is 2.41. The number of hydrogen-bond acceptors (Lipinski definition) is 2. The average Bonchev–Trinajstić information content (AvgIpc) is 2.49. The highest BCUT2D eigenvalue weighted by molar-refractivity contribution is 14.1. The lowest BCUT2D eigenvalue weighted by Crippen LogP contribution is -1.78. The van der Waals surface area contributed by atoms with E-state index in [1.807, 2.05) is 0 Å². The van der Waals surface area contributed by atoms with Gasteiger partial charge in [0.2, 0.25) is 0 Å². The fraction of sp³-hybridized carbons (Fsp3) is 0.125. The first kappa shape index (κ1) is 8.37. The number of aromatic nitrogens is 2. The van der Waals surface area contributed by atoms with E-state index in [1.54, 1.807) is 18.1 Å². The molecule has 2 nitrogen and oxygen atoms in total. The van der Waals surface area contributed by atoms with E-state index in [-0.39, 0.29) is 0 Å². The van der Waals surface area contributed by atoms with E-state index < -0.39 is 0 Å². The van der Waals surface area contributed by atoms with Crippen LogP contribution in [0.3, 0.4) is 0 Å². The SMILES string of the molecule is CSc1cc2nc[nH]c2cc1I. The highest BCUT2D eigenvalue weighted by atomic mass is 127. The zero-order chi connectivity index (χ0) is 8.55. The van der Waals surface area contributed by atoms with Gasteiger partial charge < -0.3 is 4.98 Å². The maximum Gasteiger partial charge on any atom is 0.0931 e. The van der Waals surface area contributed by atoms with Gasteiger partial charge in [0.1, 0.15) is 0 Å². The van der Waals surface area contributed by atoms with Crippen molar-refractivity contribution in [1.82, 2.24) is 9.97 Å². The number of hydrogen-bond donors (Lipinski definition) is 1. The Labute approximate surface area is 88.3 Å². The summed E-state index contributed by atoms with van der Waals surface area (Å²) >= 11 is 4.09. The first-order chi connectivity index (χ1) is 5.81. The number of halogens is 1. The standard InChI is InChI=1S/C8H7IN2S/c1-12-8-3-7-6(2-5(8)9)10-4-11-7/h2-4H,1H3,(H,10,11). The Bertz CT molecular complexity index is 410. The predicted molar refractivity (Wildman–Crippen MR) is 60.6 cm³/mol. The first-order valence-corrected chi connectivity index (χ1v) is 5.78. The lowest BCUT2D eigenvalue weighted by molar-refractivity contribution is 1.34. The first-order valence-electron chi connectivity index (χ1n) is 3.48. The van der Waals surface area contributed by atoms with Crippen LogP contribution in [0.4, 0.5) is 0 Å². The molecule has 62 valence electrons. The zero-order valence-corrected chi connectivity index (χ0v) is 9.44. The highest BCUT2D eigenvalue weighted by Gasteiger charge is 2.02. The van der Waals surface area contributed by atoms with Crippen LogP contribution in [0.5, 0.6) is 0 Å². The van der Waals surface area contributed by atoms with E-state index in [1.165, 1.54) is 8.47 Å². The lowest BCUT2D eigenvalue weighted by atomic mass is 10.3. The smallest absolute Gasteiger partial charge is 0.0931 e. The molecule has 1 aromatic heterocycles. The fourth-order valence-electron chi connectivity index (χ4n) is 1.09. The molecule has 0 atom stereocenters. The van der Waals surface area contributed by atoms with Gasteiger partial charge in [-0.3, -0.25) is 0 Å². The molecule has 4 heteroatoms. The van der Waals surface area contributed by atoms with Gasteiger partial charge in [0, 0.05) is 8.47 Å². The molecule has 0 radical (unpaired) electrons. The van der Waals surface area contributed by atoms with Crippen LogP contribution in [0.1, 0.15) is 0 Å². The molecule has 1 aromatic carbocycles. The number of benzene rings is 1. The number of nitrogens with one attached hydrogen (secondary N) is 1. The van der Waals surface area contributed by atoms with Crippen molar-refractivity contribution in [3.63, 3.8) is 0 Å². The quantitative estimate of drug-likeness (QED) is 0.646. The van der Waals surface area contributed by atoms with Crippen molar-refractivity contribution in [2.24, 2.45) is 0 Å². The normalized spacial score (nSPS) is 10.8. The summed E-state index contributed by atoms with van der Waals surface area (Å²) in [6, 6.07) is 4.23. The largest absolute Gasteiger partial charge is 0.345 e. The number of fused-ring (bicyclic) bond motifs is 1. The maximum atomic E-state index is 4.20. The minimum absolute atomic E-state index is 1.04. The molecule has 2 rings (SSSR count). The van der Waals surface area contributed by atoms with Crippen molar-refractivity contribution in [2.45, 2.75) is 4.90 Å². The average molecular weight is 290 g/mol. The summed E-state index contributed by atoms with van der Waals surface area (Å²) in [5.41, 5.74) is 2.15. The summed E-state index contributed by atoms with van der Waals surface area (Å²) in [6.07, 6.45) is 3.81. The van der Waals surface area contributed by atoms with Gasteiger partial charge in [-0.25, -0.2) is 4.98 Å². The van der Waals surface area contributed by atoms with Crippen LogP contribution in [0.2, 0.25) is 0 Å². The van der Waals surface area contributed by atoms with Gasteiger partial charge in [0.15, 0.2) is 0 Å². The third kappa shape index (κ3) is 1.33. The number of nitrogens with zero attached hydrogens (tertiary/aromatic N) is 1. The molecule has 0 saturated heterocycles. The van der Waals surface area contributed by atoms with Crippen LogP contribution in [0.15, 0.2) is 23.4 Å². The summed E-state index contributed by atoms with van der Waals surface area (Å²) in [5.74, 6) is 0. The van der Waals surface area contributed by atoms with E-state index in [0.29, 0.717) is 0 Å². The van der Waals surface area contributed by atoms with Crippen molar-refractivity contribution in [1.29, 1.82) is 0 Å². The molecule has 0 aliphatic heterocycles. The van der Waals surface area contributed by atoms with Crippen LogP contribution >= 0.6 is 34.4 Å². The van der Waals surface area contributed by atoms with E-state index in [4.69, 9.17) is 0 Å². The van der Waals surface area contributed by atoms with Crippen LogP contribution in [0, 0.1) is 3.57 Å². The Morgan fingerprint density at radius 1 is 1.50 bits per heavy atom. The van der Waals surface area contributed by atoms with Crippen molar-refractivity contribution in [3.8, 4) is 0 Å².